The number of benzene rings is 1. The summed E-state index contributed by atoms with van der Waals surface area (Å²) in [6.45, 7) is 7.36. The van der Waals surface area contributed by atoms with Gasteiger partial charge in [0.25, 0.3) is 0 Å². The van der Waals surface area contributed by atoms with Crippen molar-refractivity contribution in [1.29, 1.82) is 0 Å². The van der Waals surface area contributed by atoms with Gasteiger partial charge < -0.3 is 10.4 Å². The molecule has 1 aromatic carbocycles. The third-order valence-corrected chi connectivity index (χ3v) is 3.81. The van der Waals surface area contributed by atoms with E-state index in [4.69, 9.17) is 0 Å². The first-order valence-corrected chi connectivity index (χ1v) is 7.12. The molecule has 0 aliphatic carbocycles. The summed E-state index contributed by atoms with van der Waals surface area (Å²) in [5, 5.41) is 12.0. The molecule has 0 saturated carbocycles. The zero-order valence-electron chi connectivity index (χ0n) is 12.9. The molecule has 0 fully saturated rings. The Labute approximate surface area is 125 Å². The highest BCUT2D eigenvalue weighted by atomic mass is 16.4. The molecule has 2 N–H and O–H groups in total. The molecule has 1 unspecified atom stereocenters. The standard InChI is InChI=1S/C16H22N2O3/c1-10-9-11-7-5-6-8-12(11)18(10)15(21)17-13(14(19)20)16(2,3)4/h5-8,10,13H,9H2,1-4H3,(H,17,21)(H,19,20)/t10?,13-/m0/s1. The molecule has 0 aromatic heterocycles. The summed E-state index contributed by atoms with van der Waals surface area (Å²) in [4.78, 5) is 25.6. The van der Waals surface area contributed by atoms with Crippen molar-refractivity contribution < 1.29 is 14.7 Å². The smallest absolute Gasteiger partial charge is 0.326 e. The van der Waals surface area contributed by atoms with Crippen molar-refractivity contribution in [3.63, 3.8) is 0 Å². The molecule has 0 saturated heterocycles. The summed E-state index contributed by atoms with van der Waals surface area (Å²) >= 11 is 0. The van der Waals surface area contributed by atoms with Crippen LogP contribution in [0.25, 0.3) is 0 Å². The molecule has 5 heteroatoms. The number of carboxylic acids is 1. The van der Waals surface area contributed by atoms with E-state index in [-0.39, 0.29) is 12.1 Å². The van der Waals surface area contributed by atoms with Crippen molar-refractivity contribution in [3.05, 3.63) is 29.8 Å². The summed E-state index contributed by atoms with van der Waals surface area (Å²) < 4.78 is 0. The lowest BCUT2D eigenvalue weighted by Crippen LogP contribution is -2.54. The van der Waals surface area contributed by atoms with Crippen molar-refractivity contribution in [3.8, 4) is 0 Å². The van der Waals surface area contributed by atoms with E-state index in [2.05, 4.69) is 5.32 Å². The normalized spacial score (nSPS) is 19.0. The van der Waals surface area contributed by atoms with Crippen LogP contribution in [-0.4, -0.2) is 29.2 Å². The number of fused-ring (bicyclic) bond motifs is 1. The maximum absolute atomic E-state index is 12.5. The third-order valence-electron chi connectivity index (χ3n) is 3.81. The number of carbonyl (C=O) groups excluding carboxylic acids is 1. The average Bonchev–Trinajstić information content (AvgIpc) is 2.69. The molecule has 2 atom stereocenters. The Morgan fingerprint density at radius 1 is 1.33 bits per heavy atom. The summed E-state index contributed by atoms with van der Waals surface area (Å²) in [5.41, 5.74) is 1.42. The highest BCUT2D eigenvalue weighted by Gasteiger charge is 2.37. The van der Waals surface area contributed by atoms with Gasteiger partial charge in [0.15, 0.2) is 0 Å². The van der Waals surface area contributed by atoms with Crippen LogP contribution in [0.5, 0.6) is 0 Å². The van der Waals surface area contributed by atoms with Crippen LogP contribution in [-0.2, 0) is 11.2 Å². The Bertz CT molecular complexity index is 563. The van der Waals surface area contributed by atoms with Gasteiger partial charge in [-0.05, 0) is 30.4 Å². The molecule has 2 rings (SSSR count). The Hall–Kier alpha value is -2.04. The lowest BCUT2D eigenvalue weighted by molar-refractivity contribution is -0.141. The van der Waals surface area contributed by atoms with Gasteiger partial charge in [0, 0.05) is 11.7 Å². The van der Waals surface area contributed by atoms with Crippen LogP contribution in [0.1, 0.15) is 33.3 Å². The van der Waals surface area contributed by atoms with Gasteiger partial charge in [-0.3, -0.25) is 4.90 Å². The molecule has 5 nitrogen and oxygen atoms in total. The fraction of sp³-hybridized carbons (Fsp3) is 0.500. The molecular weight excluding hydrogens is 268 g/mol. The predicted molar refractivity (Wildman–Crippen MR) is 81.5 cm³/mol. The minimum Gasteiger partial charge on any atom is -0.480 e. The highest BCUT2D eigenvalue weighted by molar-refractivity contribution is 5.97. The van der Waals surface area contributed by atoms with E-state index in [0.29, 0.717) is 0 Å². The number of urea groups is 1. The van der Waals surface area contributed by atoms with Crippen molar-refractivity contribution in [2.75, 3.05) is 4.90 Å². The Balaban J connectivity index is 2.23. The van der Waals surface area contributed by atoms with Crippen LogP contribution in [0, 0.1) is 5.41 Å². The van der Waals surface area contributed by atoms with Gasteiger partial charge in [-0.1, -0.05) is 39.0 Å². The van der Waals surface area contributed by atoms with Gasteiger partial charge in [0.05, 0.1) is 0 Å². The molecule has 0 radical (unpaired) electrons. The molecule has 1 heterocycles. The number of nitrogens with zero attached hydrogens (tertiary/aromatic N) is 1. The second kappa shape index (κ2) is 5.39. The zero-order valence-corrected chi connectivity index (χ0v) is 12.9. The summed E-state index contributed by atoms with van der Waals surface area (Å²) in [6, 6.07) is 6.47. The van der Waals surface area contributed by atoms with Gasteiger partial charge in [-0.15, -0.1) is 0 Å². The van der Waals surface area contributed by atoms with Gasteiger partial charge in [0.2, 0.25) is 0 Å². The quantitative estimate of drug-likeness (QED) is 0.879. The lowest BCUT2D eigenvalue weighted by Gasteiger charge is -2.31. The number of anilines is 1. The number of para-hydroxylation sites is 1. The van der Waals surface area contributed by atoms with Crippen LogP contribution in [0.2, 0.25) is 0 Å². The molecule has 1 aliphatic rings. The SMILES string of the molecule is CC1Cc2ccccc2N1C(=O)N[C@@H](C(=O)O)C(C)(C)C. The molecule has 1 aromatic rings. The first kappa shape index (κ1) is 15.4. The van der Waals surface area contributed by atoms with Crippen LogP contribution >= 0.6 is 0 Å². The molecule has 0 bridgehead atoms. The first-order valence-electron chi connectivity index (χ1n) is 7.12. The topological polar surface area (TPSA) is 69.6 Å². The summed E-state index contributed by atoms with van der Waals surface area (Å²) in [6.07, 6.45) is 0.789. The van der Waals surface area contributed by atoms with Gasteiger partial charge in [0.1, 0.15) is 6.04 Å². The number of hydrogen-bond donors (Lipinski definition) is 2. The number of nitrogens with one attached hydrogen (secondary N) is 1. The van der Waals surface area contributed by atoms with E-state index in [1.807, 2.05) is 31.2 Å². The van der Waals surface area contributed by atoms with Gasteiger partial charge in [-0.2, -0.15) is 0 Å². The summed E-state index contributed by atoms with van der Waals surface area (Å²) in [7, 11) is 0. The Kier molecular flexibility index (Phi) is 3.94. The second-order valence-electron chi connectivity index (χ2n) is 6.64. The number of rotatable bonds is 2. The first-order chi connectivity index (χ1) is 9.71. The Morgan fingerprint density at radius 3 is 2.52 bits per heavy atom. The number of carboxylic acid groups (broad SMARTS) is 1. The van der Waals surface area contributed by atoms with Crippen molar-refractivity contribution >= 4 is 17.7 Å². The second-order valence-corrected chi connectivity index (χ2v) is 6.64. The monoisotopic (exact) mass is 290 g/mol. The minimum atomic E-state index is -1.02. The van der Waals surface area contributed by atoms with E-state index in [1.54, 1.807) is 25.7 Å². The third kappa shape index (κ3) is 3.01. The maximum atomic E-state index is 12.5. The van der Waals surface area contributed by atoms with Crippen LogP contribution in [0.3, 0.4) is 0 Å². The van der Waals surface area contributed by atoms with Crippen LogP contribution < -0.4 is 10.2 Å². The van der Waals surface area contributed by atoms with Crippen LogP contribution in [0.4, 0.5) is 10.5 Å². The number of aliphatic carboxylic acids is 1. The molecule has 114 valence electrons. The van der Waals surface area contributed by atoms with Gasteiger partial charge in [-0.25, -0.2) is 9.59 Å². The van der Waals surface area contributed by atoms with E-state index < -0.39 is 17.4 Å². The molecule has 21 heavy (non-hydrogen) atoms. The fourth-order valence-corrected chi connectivity index (χ4v) is 2.72. The average molecular weight is 290 g/mol. The Morgan fingerprint density at radius 2 is 1.95 bits per heavy atom. The lowest BCUT2D eigenvalue weighted by atomic mass is 9.87. The molecule has 0 spiro atoms. The largest absolute Gasteiger partial charge is 0.480 e. The zero-order chi connectivity index (χ0) is 15.8. The fourth-order valence-electron chi connectivity index (χ4n) is 2.72. The molecule has 2 amide bonds. The minimum absolute atomic E-state index is 0.0248. The molecular formula is C16H22N2O3. The van der Waals surface area contributed by atoms with E-state index in [0.717, 1.165) is 17.7 Å². The highest BCUT2D eigenvalue weighted by Crippen LogP contribution is 2.32. The van der Waals surface area contributed by atoms with Crippen molar-refractivity contribution in [2.45, 2.75) is 46.2 Å². The predicted octanol–water partition coefficient (Wildman–Crippen LogP) is 2.65. The van der Waals surface area contributed by atoms with E-state index in [9.17, 15) is 14.7 Å². The number of amides is 2. The van der Waals surface area contributed by atoms with Gasteiger partial charge >= 0.3 is 12.0 Å². The number of hydrogen-bond acceptors (Lipinski definition) is 2. The number of carbonyl (C=O) groups is 2. The maximum Gasteiger partial charge on any atom is 0.326 e. The van der Waals surface area contributed by atoms with Crippen molar-refractivity contribution in [1.82, 2.24) is 5.32 Å². The van der Waals surface area contributed by atoms with E-state index >= 15 is 0 Å². The summed E-state index contributed by atoms with van der Waals surface area (Å²) in [5.74, 6) is -1.02. The van der Waals surface area contributed by atoms with Crippen molar-refractivity contribution in [2.24, 2.45) is 5.41 Å². The van der Waals surface area contributed by atoms with E-state index in [1.165, 1.54) is 0 Å². The molecule has 1 aliphatic heterocycles. The van der Waals surface area contributed by atoms with Crippen LogP contribution in [0.15, 0.2) is 24.3 Å².